The highest BCUT2D eigenvalue weighted by atomic mass is 32.2. The zero-order chi connectivity index (χ0) is 6.97. The van der Waals surface area contributed by atoms with E-state index in [2.05, 4.69) is 4.41 Å². The number of carbonyl (C=O) groups is 1. The van der Waals surface area contributed by atoms with Crippen LogP contribution in [0, 0.1) is 0 Å². The van der Waals surface area contributed by atoms with Crippen LogP contribution >= 0.6 is 11.9 Å². The average Bonchev–Trinajstić information content (AvgIpc) is 2.34. The number of hydrogen-bond donors (Lipinski definition) is 0. The van der Waals surface area contributed by atoms with Crippen LogP contribution < -0.4 is 0 Å². The largest absolute Gasteiger partial charge is 0.273 e. The molecule has 0 bridgehead atoms. The van der Waals surface area contributed by atoms with Gasteiger partial charge in [-0.25, -0.2) is 0 Å². The molecule has 0 N–H and O–H groups in total. The third kappa shape index (κ3) is 0.914. The van der Waals surface area contributed by atoms with Crippen LogP contribution in [0.3, 0.4) is 0 Å². The summed E-state index contributed by atoms with van der Waals surface area (Å²) < 4.78 is 2.09. The van der Waals surface area contributed by atoms with Crippen molar-refractivity contribution in [2.75, 3.05) is 18.8 Å². The van der Waals surface area contributed by atoms with Gasteiger partial charge < -0.3 is 0 Å². The minimum absolute atomic E-state index is 0.298. The molecule has 0 saturated carbocycles. The van der Waals surface area contributed by atoms with Gasteiger partial charge >= 0.3 is 0 Å². The van der Waals surface area contributed by atoms with Crippen LogP contribution in [0.15, 0.2) is 0 Å². The molecule has 2 aliphatic heterocycles. The van der Waals surface area contributed by atoms with Crippen LogP contribution in [-0.4, -0.2) is 34.2 Å². The van der Waals surface area contributed by atoms with E-state index in [1.165, 1.54) is 5.75 Å². The van der Waals surface area contributed by atoms with E-state index in [1.807, 2.05) is 5.01 Å². The third-order valence-corrected chi connectivity index (χ3v) is 2.98. The van der Waals surface area contributed by atoms with Crippen LogP contribution in [-0.2, 0) is 4.79 Å². The van der Waals surface area contributed by atoms with E-state index >= 15 is 0 Å². The van der Waals surface area contributed by atoms with Gasteiger partial charge in [0.15, 0.2) is 0 Å². The van der Waals surface area contributed by atoms with Gasteiger partial charge in [-0.05, 0) is 6.42 Å². The fourth-order valence-corrected chi connectivity index (χ4v) is 2.32. The summed E-state index contributed by atoms with van der Waals surface area (Å²) in [6, 6.07) is 0. The standard InChI is InChI=1S/C6H10N2OS/c9-6-2-4-8-7(6)3-1-5-10-8/h1-5H2. The lowest BCUT2D eigenvalue weighted by Gasteiger charge is -2.30. The first-order valence-corrected chi connectivity index (χ1v) is 4.53. The third-order valence-electron chi connectivity index (χ3n) is 1.83. The van der Waals surface area contributed by atoms with Gasteiger partial charge in [0.05, 0.1) is 0 Å². The molecule has 0 radical (unpaired) electrons. The summed E-state index contributed by atoms with van der Waals surface area (Å²) in [5.74, 6) is 1.47. The summed E-state index contributed by atoms with van der Waals surface area (Å²) in [6.07, 6.45) is 1.86. The lowest BCUT2D eigenvalue weighted by Crippen LogP contribution is -2.38. The van der Waals surface area contributed by atoms with Gasteiger partial charge in [-0.2, -0.15) is 4.41 Å². The van der Waals surface area contributed by atoms with Crippen molar-refractivity contribution in [3.05, 3.63) is 0 Å². The molecule has 0 atom stereocenters. The maximum Gasteiger partial charge on any atom is 0.238 e. The molecule has 3 nitrogen and oxygen atoms in total. The summed E-state index contributed by atoms with van der Waals surface area (Å²) in [5, 5.41) is 1.87. The Balaban J connectivity index is 2.08. The molecule has 0 aromatic carbocycles. The van der Waals surface area contributed by atoms with Gasteiger partial charge in [0.25, 0.3) is 0 Å². The Morgan fingerprint density at radius 1 is 1.40 bits per heavy atom. The number of hydrazine groups is 1. The van der Waals surface area contributed by atoms with Crippen molar-refractivity contribution in [2.24, 2.45) is 0 Å². The number of carbonyl (C=O) groups excluding carboxylic acids is 1. The summed E-state index contributed by atoms with van der Waals surface area (Å²) >= 11 is 1.78. The van der Waals surface area contributed by atoms with Crippen LogP contribution in [0.4, 0.5) is 0 Å². The number of nitrogens with zero attached hydrogens (tertiary/aromatic N) is 2. The first-order chi connectivity index (χ1) is 4.88. The summed E-state index contributed by atoms with van der Waals surface area (Å²) in [5.41, 5.74) is 0. The van der Waals surface area contributed by atoms with E-state index in [4.69, 9.17) is 0 Å². The molecular formula is C6H10N2OS. The zero-order valence-electron chi connectivity index (χ0n) is 5.75. The maximum atomic E-state index is 11.1. The topological polar surface area (TPSA) is 23.6 Å². The predicted octanol–water partition coefficient (Wildman–Crippen LogP) is 0.488. The smallest absolute Gasteiger partial charge is 0.238 e. The molecule has 1 amide bonds. The Bertz CT molecular complexity index is 162. The fraction of sp³-hybridized carbons (Fsp3) is 0.833. The minimum Gasteiger partial charge on any atom is -0.273 e. The molecule has 10 heavy (non-hydrogen) atoms. The number of fused-ring (bicyclic) bond motifs is 1. The molecular weight excluding hydrogens is 148 g/mol. The summed E-state index contributed by atoms with van der Waals surface area (Å²) in [4.78, 5) is 11.1. The Hall–Kier alpha value is -0.220. The first-order valence-electron chi connectivity index (χ1n) is 3.58. The second kappa shape index (κ2) is 2.43. The molecule has 0 aliphatic carbocycles. The van der Waals surface area contributed by atoms with E-state index in [9.17, 15) is 4.79 Å². The van der Waals surface area contributed by atoms with Crippen molar-refractivity contribution in [1.29, 1.82) is 0 Å². The second-order valence-corrected chi connectivity index (χ2v) is 3.62. The molecule has 0 aromatic rings. The molecule has 0 aromatic heterocycles. The minimum atomic E-state index is 0.298. The zero-order valence-corrected chi connectivity index (χ0v) is 6.56. The average molecular weight is 158 g/mol. The van der Waals surface area contributed by atoms with Crippen LogP contribution in [0.1, 0.15) is 12.8 Å². The van der Waals surface area contributed by atoms with E-state index < -0.39 is 0 Å². The van der Waals surface area contributed by atoms with Crippen molar-refractivity contribution in [3.8, 4) is 0 Å². The van der Waals surface area contributed by atoms with Crippen LogP contribution in [0.2, 0.25) is 0 Å². The van der Waals surface area contributed by atoms with Crippen LogP contribution in [0.5, 0.6) is 0 Å². The van der Waals surface area contributed by atoms with E-state index in [1.54, 1.807) is 11.9 Å². The van der Waals surface area contributed by atoms with Gasteiger partial charge in [0.2, 0.25) is 5.91 Å². The van der Waals surface area contributed by atoms with Crippen molar-refractivity contribution in [3.63, 3.8) is 0 Å². The van der Waals surface area contributed by atoms with Crippen LogP contribution in [0.25, 0.3) is 0 Å². The molecule has 0 unspecified atom stereocenters. The molecule has 2 fully saturated rings. The number of rotatable bonds is 0. The fourth-order valence-electron chi connectivity index (χ4n) is 1.32. The van der Waals surface area contributed by atoms with Crippen molar-refractivity contribution >= 4 is 17.9 Å². The summed E-state index contributed by atoms with van der Waals surface area (Å²) in [6.45, 7) is 1.86. The Kier molecular flexibility index (Phi) is 1.58. The van der Waals surface area contributed by atoms with Crippen molar-refractivity contribution in [1.82, 2.24) is 9.42 Å². The second-order valence-electron chi connectivity index (χ2n) is 2.53. The maximum absolute atomic E-state index is 11.1. The van der Waals surface area contributed by atoms with Gasteiger partial charge in [0.1, 0.15) is 0 Å². The highest BCUT2D eigenvalue weighted by Crippen LogP contribution is 2.26. The normalized spacial score (nSPS) is 27.2. The highest BCUT2D eigenvalue weighted by molar-refractivity contribution is 7.97. The molecule has 2 rings (SSSR count). The summed E-state index contributed by atoms with van der Waals surface area (Å²) in [7, 11) is 0. The number of amides is 1. The van der Waals surface area contributed by atoms with Gasteiger partial charge in [0, 0.05) is 25.3 Å². The Morgan fingerprint density at radius 3 is 3.10 bits per heavy atom. The molecule has 56 valence electrons. The molecule has 0 spiro atoms. The van der Waals surface area contributed by atoms with E-state index in [0.29, 0.717) is 12.3 Å². The SMILES string of the molecule is O=C1CCN2SCCCN12. The van der Waals surface area contributed by atoms with E-state index in [0.717, 1.165) is 19.5 Å². The van der Waals surface area contributed by atoms with Crippen molar-refractivity contribution in [2.45, 2.75) is 12.8 Å². The first kappa shape index (κ1) is 6.49. The monoisotopic (exact) mass is 158 g/mol. The molecule has 4 heteroatoms. The Labute approximate surface area is 64.5 Å². The lowest BCUT2D eigenvalue weighted by molar-refractivity contribution is -0.133. The highest BCUT2D eigenvalue weighted by Gasteiger charge is 2.31. The van der Waals surface area contributed by atoms with E-state index in [-0.39, 0.29) is 0 Å². The molecule has 2 saturated heterocycles. The predicted molar refractivity (Wildman–Crippen MR) is 40.1 cm³/mol. The molecule has 2 aliphatic rings. The van der Waals surface area contributed by atoms with Gasteiger partial charge in [-0.1, -0.05) is 11.9 Å². The quantitative estimate of drug-likeness (QED) is 0.479. The molecule has 2 heterocycles. The Morgan fingerprint density at radius 2 is 2.30 bits per heavy atom. The van der Waals surface area contributed by atoms with Gasteiger partial charge in [-0.3, -0.25) is 9.80 Å². The van der Waals surface area contributed by atoms with Crippen molar-refractivity contribution < 1.29 is 4.79 Å². The number of hydrogen-bond acceptors (Lipinski definition) is 3. The lowest BCUT2D eigenvalue weighted by atomic mass is 10.4. The van der Waals surface area contributed by atoms with Gasteiger partial charge in [-0.15, -0.1) is 0 Å².